The standard InChI is InChI=1S/C12H17FO2S/c1-3-12(14,4-2)9-16(15)11-7-5-10(13)6-8-11/h5-8,14H,3-4,9H2,1-2H3. The first kappa shape index (κ1) is 13.3. The lowest BCUT2D eigenvalue weighted by atomic mass is 10.0. The van der Waals surface area contributed by atoms with Gasteiger partial charge in [0.25, 0.3) is 0 Å². The van der Waals surface area contributed by atoms with Crippen LogP contribution in [0.2, 0.25) is 0 Å². The van der Waals surface area contributed by atoms with Gasteiger partial charge in [0.15, 0.2) is 0 Å². The monoisotopic (exact) mass is 244 g/mol. The Balaban J connectivity index is 2.76. The Morgan fingerprint density at radius 1 is 1.25 bits per heavy atom. The SMILES string of the molecule is CCC(O)(CC)CS(=O)c1ccc(F)cc1. The van der Waals surface area contributed by atoms with Crippen LogP contribution in [0.15, 0.2) is 29.2 Å². The number of hydrogen-bond donors (Lipinski definition) is 1. The molecule has 0 aliphatic carbocycles. The van der Waals surface area contributed by atoms with Gasteiger partial charge in [0, 0.05) is 4.90 Å². The summed E-state index contributed by atoms with van der Waals surface area (Å²) in [5.41, 5.74) is -0.890. The topological polar surface area (TPSA) is 37.3 Å². The van der Waals surface area contributed by atoms with Crippen molar-refractivity contribution in [1.82, 2.24) is 0 Å². The molecule has 1 aromatic rings. The van der Waals surface area contributed by atoms with E-state index < -0.39 is 16.4 Å². The Bertz CT molecular complexity index is 358. The quantitative estimate of drug-likeness (QED) is 0.864. The first-order valence-corrected chi connectivity index (χ1v) is 6.69. The van der Waals surface area contributed by atoms with E-state index in [4.69, 9.17) is 0 Å². The Kier molecular flexibility index (Phi) is 4.62. The Labute approximate surface area is 98.0 Å². The van der Waals surface area contributed by atoms with E-state index in [2.05, 4.69) is 0 Å². The molecular weight excluding hydrogens is 227 g/mol. The van der Waals surface area contributed by atoms with E-state index in [1.54, 1.807) is 0 Å². The molecule has 1 aromatic carbocycles. The minimum absolute atomic E-state index is 0.200. The normalized spacial score (nSPS) is 13.8. The second kappa shape index (κ2) is 5.55. The van der Waals surface area contributed by atoms with Gasteiger partial charge in [0.2, 0.25) is 0 Å². The van der Waals surface area contributed by atoms with Gasteiger partial charge in [-0.2, -0.15) is 0 Å². The first-order chi connectivity index (χ1) is 7.50. The summed E-state index contributed by atoms with van der Waals surface area (Å²) in [4.78, 5) is 0.557. The third-order valence-electron chi connectivity index (χ3n) is 2.79. The van der Waals surface area contributed by atoms with Gasteiger partial charge in [-0.3, -0.25) is 4.21 Å². The molecule has 90 valence electrons. The zero-order valence-corrected chi connectivity index (χ0v) is 10.4. The van der Waals surface area contributed by atoms with Gasteiger partial charge in [-0.25, -0.2) is 4.39 Å². The van der Waals surface area contributed by atoms with E-state index in [1.807, 2.05) is 13.8 Å². The van der Waals surface area contributed by atoms with Crippen LogP contribution in [0, 0.1) is 5.82 Å². The van der Waals surface area contributed by atoms with Crippen molar-refractivity contribution in [2.75, 3.05) is 5.75 Å². The Morgan fingerprint density at radius 2 is 1.75 bits per heavy atom. The fourth-order valence-electron chi connectivity index (χ4n) is 1.37. The molecule has 0 aromatic heterocycles. The van der Waals surface area contributed by atoms with E-state index in [1.165, 1.54) is 24.3 Å². The highest BCUT2D eigenvalue weighted by Crippen LogP contribution is 2.19. The van der Waals surface area contributed by atoms with E-state index in [-0.39, 0.29) is 11.6 Å². The molecule has 0 aliphatic heterocycles. The van der Waals surface area contributed by atoms with Crippen molar-refractivity contribution in [3.05, 3.63) is 30.1 Å². The third kappa shape index (κ3) is 3.39. The highest BCUT2D eigenvalue weighted by Gasteiger charge is 2.25. The van der Waals surface area contributed by atoms with Crippen LogP contribution in [0.3, 0.4) is 0 Å². The highest BCUT2D eigenvalue weighted by atomic mass is 32.2. The summed E-state index contributed by atoms with van der Waals surface area (Å²) in [6.07, 6.45) is 1.13. The molecule has 0 bridgehead atoms. The molecule has 0 saturated heterocycles. The average Bonchev–Trinajstić information content (AvgIpc) is 2.29. The molecule has 1 N–H and O–H groups in total. The van der Waals surface area contributed by atoms with Crippen molar-refractivity contribution in [3.63, 3.8) is 0 Å². The molecular formula is C12H17FO2S. The molecule has 1 rings (SSSR count). The van der Waals surface area contributed by atoms with Gasteiger partial charge in [-0.05, 0) is 37.1 Å². The van der Waals surface area contributed by atoms with Crippen molar-refractivity contribution in [3.8, 4) is 0 Å². The molecule has 0 aliphatic rings. The maximum absolute atomic E-state index is 12.7. The van der Waals surface area contributed by atoms with Crippen molar-refractivity contribution in [2.24, 2.45) is 0 Å². The van der Waals surface area contributed by atoms with Gasteiger partial charge in [-0.1, -0.05) is 13.8 Å². The maximum Gasteiger partial charge on any atom is 0.123 e. The number of hydrogen-bond acceptors (Lipinski definition) is 2. The lowest BCUT2D eigenvalue weighted by Crippen LogP contribution is -2.33. The Hall–Kier alpha value is -0.740. The average molecular weight is 244 g/mol. The number of rotatable bonds is 5. The number of benzene rings is 1. The van der Waals surface area contributed by atoms with Crippen LogP contribution in [0.4, 0.5) is 4.39 Å². The fourth-order valence-corrected chi connectivity index (χ4v) is 2.87. The summed E-state index contributed by atoms with van der Waals surface area (Å²) < 4.78 is 24.6. The van der Waals surface area contributed by atoms with Crippen LogP contribution in [-0.2, 0) is 10.8 Å². The van der Waals surface area contributed by atoms with Gasteiger partial charge >= 0.3 is 0 Å². The molecule has 1 atom stereocenters. The van der Waals surface area contributed by atoms with Crippen LogP contribution in [0.25, 0.3) is 0 Å². The molecule has 1 unspecified atom stereocenters. The number of halogens is 1. The second-order valence-corrected chi connectivity index (χ2v) is 5.33. The summed E-state index contributed by atoms with van der Waals surface area (Å²) in [6.45, 7) is 3.73. The van der Waals surface area contributed by atoms with Crippen LogP contribution >= 0.6 is 0 Å². The third-order valence-corrected chi connectivity index (χ3v) is 4.39. The highest BCUT2D eigenvalue weighted by molar-refractivity contribution is 7.85. The van der Waals surface area contributed by atoms with Gasteiger partial charge < -0.3 is 5.11 Å². The van der Waals surface area contributed by atoms with Crippen molar-refractivity contribution in [2.45, 2.75) is 37.2 Å². The van der Waals surface area contributed by atoms with Crippen molar-refractivity contribution < 1.29 is 13.7 Å². The summed E-state index contributed by atoms with van der Waals surface area (Å²) in [5.74, 6) is -0.145. The predicted octanol–water partition coefficient (Wildman–Crippen LogP) is 2.48. The van der Waals surface area contributed by atoms with Gasteiger partial charge in [0.1, 0.15) is 5.82 Å². The minimum Gasteiger partial charge on any atom is -0.389 e. The van der Waals surface area contributed by atoms with E-state index in [9.17, 15) is 13.7 Å². The zero-order chi connectivity index (χ0) is 12.2. The fraction of sp³-hybridized carbons (Fsp3) is 0.500. The molecule has 16 heavy (non-hydrogen) atoms. The molecule has 0 saturated carbocycles. The van der Waals surface area contributed by atoms with Gasteiger partial charge in [0.05, 0.1) is 22.2 Å². The molecule has 0 amide bonds. The molecule has 0 fully saturated rings. The van der Waals surface area contributed by atoms with Crippen molar-refractivity contribution in [1.29, 1.82) is 0 Å². The second-order valence-electron chi connectivity index (χ2n) is 3.88. The minimum atomic E-state index is -1.28. The summed E-state index contributed by atoms with van der Waals surface area (Å²) in [7, 11) is -1.28. The summed E-state index contributed by atoms with van der Waals surface area (Å²) in [5, 5.41) is 10.0. The van der Waals surface area contributed by atoms with Crippen LogP contribution in [0.1, 0.15) is 26.7 Å². The first-order valence-electron chi connectivity index (χ1n) is 5.37. The maximum atomic E-state index is 12.7. The zero-order valence-electron chi connectivity index (χ0n) is 9.57. The molecule has 4 heteroatoms. The molecule has 2 nitrogen and oxygen atoms in total. The smallest absolute Gasteiger partial charge is 0.123 e. The largest absolute Gasteiger partial charge is 0.389 e. The molecule has 0 heterocycles. The van der Waals surface area contributed by atoms with Gasteiger partial charge in [-0.15, -0.1) is 0 Å². The summed E-state index contributed by atoms with van der Waals surface area (Å²) in [6, 6.07) is 5.56. The van der Waals surface area contributed by atoms with Crippen molar-refractivity contribution >= 4 is 10.8 Å². The lowest BCUT2D eigenvalue weighted by molar-refractivity contribution is 0.0563. The molecule has 0 spiro atoms. The van der Waals surface area contributed by atoms with E-state index in [0.717, 1.165) is 0 Å². The lowest BCUT2D eigenvalue weighted by Gasteiger charge is -2.24. The van der Waals surface area contributed by atoms with E-state index >= 15 is 0 Å². The predicted molar refractivity (Wildman–Crippen MR) is 63.2 cm³/mol. The summed E-state index contributed by atoms with van der Waals surface area (Å²) >= 11 is 0. The van der Waals surface area contributed by atoms with Crippen LogP contribution in [0.5, 0.6) is 0 Å². The van der Waals surface area contributed by atoms with E-state index in [0.29, 0.717) is 17.7 Å². The molecule has 0 radical (unpaired) electrons. The number of aliphatic hydroxyl groups is 1. The van der Waals surface area contributed by atoms with Crippen LogP contribution in [-0.4, -0.2) is 20.7 Å². The van der Waals surface area contributed by atoms with Crippen LogP contribution < -0.4 is 0 Å². The Morgan fingerprint density at radius 3 is 2.19 bits per heavy atom.